The molecule has 0 saturated carbocycles. The van der Waals surface area contributed by atoms with E-state index in [1.54, 1.807) is 13.0 Å². The smallest absolute Gasteiger partial charge is 0.308 e. The highest BCUT2D eigenvalue weighted by atomic mass is 16.5. The third-order valence-electron chi connectivity index (χ3n) is 1.56. The van der Waals surface area contributed by atoms with E-state index < -0.39 is 12.1 Å². The molecule has 0 aromatic carbocycles. The first-order valence-corrected chi connectivity index (χ1v) is 3.81. The van der Waals surface area contributed by atoms with E-state index in [1.807, 2.05) is 0 Å². The van der Waals surface area contributed by atoms with Crippen molar-refractivity contribution in [2.75, 3.05) is 7.11 Å². The molecule has 1 aromatic heterocycles. The van der Waals surface area contributed by atoms with Gasteiger partial charge in [-0.15, -0.1) is 0 Å². The number of ether oxygens (including phenoxy) is 1. The van der Waals surface area contributed by atoms with E-state index >= 15 is 0 Å². The van der Waals surface area contributed by atoms with Crippen molar-refractivity contribution in [2.45, 2.75) is 19.4 Å². The van der Waals surface area contributed by atoms with Crippen molar-refractivity contribution in [1.29, 1.82) is 0 Å². The minimum Gasteiger partial charge on any atom is -0.469 e. The topological polar surface area (TPSA) is 72.6 Å². The van der Waals surface area contributed by atoms with Gasteiger partial charge in [0.2, 0.25) is 0 Å². The summed E-state index contributed by atoms with van der Waals surface area (Å²) in [5.41, 5.74) is 0.666. The highest BCUT2D eigenvalue weighted by Gasteiger charge is 2.17. The van der Waals surface area contributed by atoms with Crippen LogP contribution < -0.4 is 0 Å². The predicted molar refractivity (Wildman–Crippen MR) is 42.8 cm³/mol. The number of aliphatic hydroxyl groups excluding tert-OH is 1. The van der Waals surface area contributed by atoms with Crippen LogP contribution in [0.15, 0.2) is 10.6 Å². The molecule has 0 aliphatic carbocycles. The van der Waals surface area contributed by atoms with Crippen molar-refractivity contribution in [2.24, 2.45) is 0 Å². The van der Waals surface area contributed by atoms with Crippen LogP contribution in [0.4, 0.5) is 0 Å². The van der Waals surface area contributed by atoms with Gasteiger partial charge in [-0.1, -0.05) is 5.16 Å². The van der Waals surface area contributed by atoms with Gasteiger partial charge in [0.1, 0.15) is 6.10 Å². The van der Waals surface area contributed by atoms with E-state index in [0.717, 1.165) is 0 Å². The molecule has 0 amide bonds. The number of aryl methyl sites for hydroxylation is 1. The molecule has 5 heteroatoms. The largest absolute Gasteiger partial charge is 0.469 e. The van der Waals surface area contributed by atoms with E-state index in [2.05, 4.69) is 9.89 Å². The molecule has 0 radical (unpaired) electrons. The van der Waals surface area contributed by atoms with Crippen LogP contribution in [0.3, 0.4) is 0 Å². The van der Waals surface area contributed by atoms with Gasteiger partial charge in [0.15, 0.2) is 5.76 Å². The molecule has 1 atom stereocenters. The Kier molecular flexibility index (Phi) is 3.02. The van der Waals surface area contributed by atoms with Gasteiger partial charge in [0.05, 0.1) is 19.2 Å². The zero-order chi connectivity index (χ0) is 9.84. The maximum absolute atomic E-state index is 10.8. The van der Waals surface area contributed by atoms with Crippen LogP contribution in [-0.2, 0) is 9.53 Å². The molecule has 0 spiro atoms. The van der Waals surface area contributed by atoms with Gasteiger partial charge in [-0.3, -0.25) is 4.79 Å². The van der Waals surface area contributed by atoms with Gasteiger partial charge in [0.25, 0.3) is 0 Å². The standard InChI is InChI=1S/C8H11NO4/c1-5-3-7(13-9-5)6(10)4-8(11)12-2/h3,6,10H,4H2,1-2H3. The van der Waals surface area contributed by atoms with Crippen molar-refractivity contribution in [3.63, 3.8) is 0 Å². The Morgan fingerprint density at radius 3 is 3.00 bits per heavy atom. The first-order valence-electron chi connectivity index (χ1n) is 3.81. The van der Waals surface area contributed by atoms with Gasteiger partial charge < -0.3 is 14.4 Å². The Morgan fingerprint density at radius 2 is 2.54 bits per heavy atom. The number of hydrogen-bond donors (Lipinski definition) is 1. The molecule has 0 bridgehead atoms. The first kappa shape index (κ1) is 9.73. The Bertz CT molecular complexity index is 294. The number of carbonyl (C=O) groups is 1. The maximum Gasteiger partial charge on any atom is 0.308 e. The minimum atomic E-state index is -0.978. The molecule has 0 aliphatic heterocycles. The summed E-state index contributed by atoms with van der Waals surface area (Å²) in [5, 5.41) is 13.0. The van der Waals surface area contributed by atoms with Gasteiger partial charge >= 0.3 is 5.97 Å². The van der Waals surface area contributed by atoms with E-state index in [-0.39, 0.29) is 12.2 Å². The molecular weight excluding hydrogens is 174 g/mol. The summed E-state index contributed by atoms with van der Waals surface area (Å²) in [6, 6.07) is 1.58. The Morgan fingerprint density at radius 1 is 1.85 bits per heavy atom. The van der Waals surface area contributed by atoms with Crippen molar-refractivity contribution >= 4 is 5.97 Å². The van der Waals surface area contributed by atoms with E-state index in [1.165, 1.54) is 7.11 Å². The van der Waals surface area contributed by atoms with Crippen molar-refractivity contribution in [1.82, 2.24) is 5.16 Å². The molecule has 13 heavy (non-hydrogen) atoms. The molecular formula is C8H11NO4. The van der Waals surface area contributed by atoms with Crippen LogP contribution in [0, 0.1) is 6.92 Å². The third-order valence-corrected chi connectivity index (χ3v) is 1.56. The average Bonchev–Trinajstić information content (AvgIpc) is 2.51. The number of rotatable bonds is 3. The molecule has 1 rings (SSSR count). The molecule has 1 unspecified atom stereocenters. The first-order chi connectivity index (χ1) is 6.13. The quantitative estimate of drug-likeness (QED) is 0.697. The molecule has 1 aromatic rings. The highest BCUT2D eigenvalue weighted by Crippen LogP contribution is 2.17. The normalized spacial score (nSPS) is 12.5. The summed E-state index contributed by atoms with van der Waals surface area (Å²) in [5.74, 6) is -0.204. The second-order valence-corrected chi connectivity index (χ2v) is 2.67. The van der Waals surface area contributed by atoms with Crippen LogP contribution in [0.5, 0.6) is 0 Å². The fourth-order valence-corrected chi connectivity index (χ4v) is 0.882. The zero-order valence-corrected chi connectivity index (χ0v) is 7.48. The summed E-state index contributed by atoms with van der Waals surface area (Å²) in [4.78, 5) is 10.8. The average molecular weight is 185 g/mol. The fraction of sp³-hybridized carbons (Fsp3) is 0.500. The number of hydrogen-bond acceptors (Lipinski definition) is 5. The van der Waals surface area contributed by atoms with Crippen molar-refractivity contribution in [3.8, 4) is 0 Å². The molecule has 1 N–H and O–H groups in total. The zero-order valence-electron chi connectivity index (χ0n) is 7.48. The number of aromatic nitrogens is 1. The van der Waals surface area contributed by atoms with Crippen molar-refractivity contribution < 1.29 is 19.2 Å². The maximum atomic E-state index is 10.8. The minimum absolute atomic E-state index is 0.120. The summed E-state index contributed by atoms with van der Waals surface area (Å²) in [6.45, 7) is 1.73. The number of aliphatic hydroxyl groups is 1. The Labute approximate surface area is 75.3 Å². The highest BCUT2D eigenvalue weighted by molar-refractivity contribution is 5.69. The van der Waals surface area contributed by atoms with Crippen LogP contribution in [0.2, 0.25) is 0 Å². The SMILES string of the molecule is COC(=O)CC(O)c1cc(C)no1. The number of nitrogens with zero attached hydrogens (tertiary/aromatic N) is 1. The Hall–Kier alpha value is -1.36. The summed E-state index contributed by atoms with van der Waals surface area (Å²) < 4.78 is 9.15. The lowest BCUT2D eigenvalue weighted by Gasteiger charge is -2.03. The molecule has 0 aliphatic rings. The molecule has 1 heterocycles. The molecule has 0 fully saturated rings. The van der Waals surface area contributed by atoms with Crippen LogP contribution in [-0.4, -0.2) is 23.3 Å². The monoisotopic (exact) mass is 185 g/mol. The van der Waals surface area contributed by atoms with Gasteiger partial charge in [-0.05, 0) is 6.92 Å². The van der Waals surface area contributed by atoms with Crippen LogP contribution in [0.1, 0.15) is 24.0 Å². The summed E-state index contributed by atoms with van der Waals surface area (Å²) in [6.07, 6.45) is -1.10. The molecule has 72 valence electrons. The van der Waals surface area contributed by atoms with E-state index in [9.17, 15) is 9.90 Å². The number of esters is 1. The molecule has 5 nitrogen and oxygen atoms in total. The van der Waals surface area contributed by atoms with Gasteiger partial charge in [-0.2, -0.15) is 0 Å². The predicted octanol–water partition coefficient (Wildman–Crippen LogP) is 0.580. The van der Waals surface area contributed by atoms with E-state index in [0.29, 0.717) is 5.69 Å². The summed E-state index contributed by atoms with van der Waals surface area (Å²) in [7, 11) is 1.26. The number of methoxy groups -OCH3 is 1. The second-order valence-electron chi connectivity index (χ2n) is 2.67. The van der Waals surface area contributed by atoms with Crippen LogP contribution in [0.25, 0.3) is 0 Å². The summed E-state index contributed by atoms with van der Waals surface area (Å²) >= 11 is 0. The molecule has 0 saturated heterocycles. The number of carbonyl (C=O) groups excluding carboxylic acids is 1. The lowest BCUT2D eigenvalue weighted by molar-refractivity contribution is -0.143. The fourth-order valence-electron chi connectivity index (χ4n) is 0.882. The van der Waals surface area contributed by atoms with Gasteiger partial charge in [-0.25, -0.2) is 0 Å². The lowest BCUT2D eigenvalue weighted by atomic mass is 10.2. The second kappa shape index (κ2) is 4.04. The Balaban J connectivity index is 2.58. The lowest BCUT2D eigenvalue weighted by Crippen LogP contribution is -2.07. The third kappa shape index (κ3) is 2.55. The van der Waals surface area contributed by atoms with Crippen molar-refractivity contribution in [3.05, 3.63) is 17.5 Å². The van der Waals surface area contributed by atoms with Crippen LogP contribution >= 0.6 is 0 Å². The van der Waals surface area contributed by atoms with Gasteiger partial charge in [0, 0.05) is 6.07 Å². The van der Waals surface area contributed by atoms with E-state index in [4.69, 9.17) is 4.52 Å².